The number of furan rings is 1. The van der Waals surface area contributed by atoms with Crippen molar-refractivity contribution in [2.24, 2.45) is 0 Å². The van der Waals surface area contributed by atoms with Crippen LogP contribution in [-0.2, 0) is 0 Å². The third-order valence-electron chi connectivity index (χ3n) is 3.17. The van der Waals surface area contributed by atoms with E-state index in [9.17, 15) is 4.79 Å². The maximum atomic E-state index is 12.1. The molecule has 0 saturated heterocycles. The quantitative estimate of drug-likeness (QED) is 0.628. The van der Waals surface area contributed by atoms with Gasteiger partial charge in [-0.1, -0.05) is 5.16 Å². The smallest absolute Gasteiger partial charge is 0.277 e. The van der Waals surface area contributed by atoms with Crippen LogP contribution in [0.1, 0.15) is 10.5 Å². The molecule has 1 amide bonds. The van der Waals surface area contributed by atoms with Gasteiger partial charge in [-0.3, -0.25) is 4.79 Å². The summed E-state index contributed by atoms with van der Waals surface area (Å²) in [5, 5.41) is 6.23. The third kappa shape index (κ3) is 2.14. The summed E-state index contributed by atoms with van der Waals surface area (Å²) in [7, 11) is 0. The minimum atomic E-state index is -0.350. The zero-order valence-corrected chi connectivity index (χ0v) is 11.3. The van der Waals surface area contributed by atoms with Crippen LogP contribution in [0.3, 0.4) is 0 Å². The van der Waals surface area contributed by atoms with E-state index in [0.717, 1.165) is 11.3 Å². The van der Waals surface area contributed by atoms with E-state index >= 15 is 0 Å². The number of hydrogen-bond donors (Lipinski definition) is 1. The lowest BCUT2D eigenvalue weighted by Crippen LogP contribution is -2.12. The molecule has 22 heavy (non-hydrogen) atoms. The minimum absolute atomic E-state index is 0.291. The number of nitrogens with zero attached hydrogens (tertiary/aromatic N) is 3. The number of nitrogens with one attached hydrogen (secondary N) is 1. The zero-order chi connectivity index (χ0) is 14.9. The van der Waals surface area contributed by atoms with E-state index in [1.54, 1.807) is 22.9 Å². The molecule has 0 spiro atoms. The summed E-state index contributed by atoms with van der Waals surface area (Å²) >= 11 is 0. The number of amides is 1. The Morgan fingerprint density at radius 3 is 2.86 bits per heavy atom. The zero-order valence-electron chi connectivity index (χ0n) is 11.3. The van der Waals surface area contributed by atoms with Crippen LogP contribution in [0.2, 0.25) is 0 Å². The van der Waals surface area contributed by atoms with Crippen molar-refractivity contribution in [3.63, 3.8) is 0 Å². The Bertz CT molecular complexity index is 923. The van der Waals surface area contributed by atoms with Crippen molar-refractivity contribution in [2.75, 3.05) is 5.32 Å². The van der Waals surface area contributed by atoms with Crippen LogP contribution >= 0.6 is 0 Å². The molecule has 4 aromatic rings. The SMILES string of the molecule is O=C(Nc1ccon1)c1cn2cc(-c3ccco3)ccc2n1. The van der Waals surface area contributed by atoms with E-state index < -0.39 is 0 Å². The Kier molecular flexibility index (Phi) is 2.75. The molecule has 0 radical (unpaired) electrons. The van der Waals surface area contributed by atoms with Gasteiger partial charge in [0.15, 0.2) is 5.82 Å². The first-order valence-electron chi connectivity index (χ1n) is 6.54. The van der Waals surface area contributed by atoms with E-state index in [1.165, 1.54) is 6.26 Å². The number of carbonyl (C=O) groups excluding carboxylic acids is 1. The first-order chi connectivity index (χ1) is 10.8. The fourth-order valence-corrected chi connectivity index (χ4v) is 2.15. The van der Waals surface area contributed by atoms with Crippen molar-refractivity contribution in [3.05, 3.63) is 60.9 Å². The predicted molar refractivity (Wildman–Crippen MR) is 77.4 cm³/mol. The highest BCUT2D eigenvalue weighted by atomic mass is 16.5. The highest BCUT2D eigenvalue weighted by molar-refractivity contribution is 6.02. The van der Waals surface area contributed by atoms with Crippen molar-refractivity contribution in [1.29, 1.82) is 0 Å². The Labute approximate surface area is 124 Å². The Morgan fingerprint density at radius 2 is 2.09 bits per heavy atom. The molecule has 7 heteroatoms. The average Bonchev–Trinajstić information content (AvgIpc) is 3.27. The molecule has 7 nitrogen and oxygen atoms in total. The van der Waals surface area contributed by atoms with Crippen molar-refractivity contribution >= 4 is 17.4 Å². The van der Waals surface area contributed by atoms with Gasteiger partial charge in [0.25, 0.3) is 5.91 Å². The molecule has 0 aliphatic heterocycles. The number of fused-ring (bicyclic) bond motifs is 1. The summed E-state index contributed by atoms with van der Waals surface area (Å²) in [4.78, 5) is 16.4. The summed E-state index contributed by atoms with van der Waals surface area (Å²) in [6, 6.07) is 8.97. The number of pyridine rings is 1. The number of rotatable bonds is 3. The largest absolute Gasteiger partial charge is 0.464 e. The molecule has 0 bridgehead atoms. The van der Waals surface area contributed by atoms with Crippen LogP contribution in [0, 0.1) is 0 Å². The number of aromatic nitrogens is 3. The average molecular weight is 294 g/mol. The molecule has 4 heterocycles. The lowest BCUT2D eigenvalue weighted by Gasteiger charge is -1.97. The van der Waals surface area contributed by atoms with Crippen molar-refractivity contribution in [3.8, 4) is 11.3 Å². The number of imidazole rings is 1. The first-order valence-corrected chi connectivity index (χ1v) is 6.54. The molecular weight excluding hydrogens is 284 g/mol. The van der Waals surface area contributed by atoms with Gasteiger partial charge in [-0.15, -0.1) is 0 Å². The van der Waals surface area contributed by atoms with E-state index in [1.807, 2.05) is 30.5 Å². The van der Waals surface area contributed by atoms with E-state index in [-0.39, 0.29) is 5.91 Å². The summed E-state index contributed by atoms with van der Waals surface area (Å²) in [6.07, 6.45) is 6.50. The molecule has 0 unspecified atom stereocenters. The van der Waals surface area contributed by atoms with Crippen LogP contribution < -0.4 is 5.32 Å². The van der Waals surface area contributed by atoms with Gasteiger partial charge in [0.05, 0.1) is 6.26 Å². The standard InChI is InChI=1S/C15H10N4O3/c20-15(17-13-5-7-22-18-13)11-9-19-8-10(3-4-14(19)16-11)12-2-1-6-21-12/h1-9H,(H,17,18,20). The van der Waals surface area contributed by atoms with E-state index in [2.05, 4.69) is 20.0 Å². The molecule has 0 aliphatic rings. The van der Waals surface area contributed by atoms with Crippen LogP contribution in [0.15, 0.2) is 64.2 Å². The van der Waals surface area contributed by atoms with Gasteiger partial charge >= 0.3 is 0 Å². The molecule has 0 aromatic carbocycles. The molecule has 0 atom stereocenters. The minimum Gasteiger partial charge on any atom is -0.464 e. The molecule has 4 aromatic heterocycles. The van der Waals surface area contributed by atoms with Crippen molar-refractivity contribution in [2.45, 2.75) is 0 Å². The molecule has 0 fully saturated rings. The Hall–Kier alpha value is -3.35. The molecule has 4 rings (SSSR count). The maximum Gasteiger partial charge on any atom is 0.277 e. The first kappa shape index (κ1) is 12.4. The second kappa shape index (κ2) is 4.88. The number of anilines is 1. The van der Waals surface area contributed by atoms with Gasteiger partial charge in [-0.2, -0.15) is 0 Å². The third-order valence-corrected chi connectivity index (χ3v) is 3.17. The van der Waals surface area contributed by atoms with Crippen molar-refractivity contribution < 1.29 is 13.7 Å². The molecular formula is C15H10N4O3. The fraction of sp³-hybridized carbons (Fsp3) is 0. The fourth-order valence-electron chi connectivity index (χ4n) is 2.15. The Balaban J connectivity index is 1.67. The second-order valence-electron chi connectivity index (χ2n) is 4.63. The van der Waals surface area contributed by atoms with E-state index in [4.69, 9.17) is 4.42 Å². The van der Waals surface area contributed by atoms with Crippen LogP contribution in [0.4, 0.5) is 5.82 Å². The molecule has 0 saturated carbocycles. The van der Waals surface area contributed by atoms with Gasteiger partial charge in [-0.05, 0) is 24.3 Å². The van der Waals surface area contributed by atoms with Gasteiger partial charge in [0.2, 0.25) is 0 Å². The highest BCUT2D eigenvalue weighted by Crippen LogP contribution is 2.20. The summed E-state index contributed by atoms with van der Waals surface area (Å²) < 4.78 is 11.8. The maximum absolute atomic E-state index is 12.1. The van der Waals surface area contributed by atoms with Crippen molar-refractivity contribution in [1.82, 2.24) is 14.5 Å². The normalized spacial score (nSPS) is 10.9. The summed E-state index contributed by atoms with van der Waals surface area (Å²) in [5.41, 5.74) is 1.86. The molecule has 108 valence electrons. The summed E-state index contributed by atoms with van der Waals surface area (Å²) in [6.45, 7) is 0. The van der Waals surface area contributed by atoms with Crippen LogP contribution in [0.5, 0.6) is 0 Å². The monoisotopic (exact) mass is 294 g/mol. The Morgan fingerprint density at radius 1 is 1.14 bits per heavy atom. The summed E-state index contributed by atoms with van der Waals surface area (Å²) in [5.74, 6) is 0.750. The predicted octanol–water partition coefficient (Wildman–Crippen LogP) is 2.83. The van der Waals surface area contributed by atoms with Gasteiger partial charge in [-0.25, -0.2) is 4.98 Å². The lowest BCUT2D eigenvalue weighted by atomic mass is 10.2. The van der Waals surface area contributed by atoms with Gasteiger partial charge in [0.1, 0.15) is 23.4 Å². The second-order valence-corrected chi connectivity index (χ2v) is 4.63. The topological polar surface area (TPSA) is 85.6 Å². The highest BCUT2D eigenvalue weighted by Gasteiger charge is 2.13. The number of hydrogen-bond acceptors (Lipinski definition) is 5. The van der Waals surface area contributed by atoms with Crippen LogP contribution in [-0.4, -0.2) is 20.4 Å². The van der Waals surface area contributed by atoms with Gasteiger partial charge in [0, 0.05) is 24.0 Å². The molecule has 0 aliphatic carbocycles. The lowest BCUT2D eigenvalue weighted by molar-refractivity contribution is 0.102. The number of carbonyl (C=O) groups is 1. The van der Waals surface area contributed by atoms with E-state index in [0.29, 0.717) is 17.2 Å². The van der Waals surface area contributed by atoms with Gasteiger partial charge < -0.3 is 18.7 Å². The van der Waals surface area contributed by atoms with Crippen LogP contribution in [0.25, 0.3) is 17.0 Å². The molecule has 1 N–H and O–H groups in total.